The molecule has 0 bridgehead atoms. The van der Waals surface area contributed by atoms with E-state index < -0.39 is 29.5 Å². The number of benzene rings is 1. The molecule has 3 rings (SSSR count). The van der Waals surface area contributed by atoms with Crippen molar-refractivity contribution in [3.8, 4) is 0 Å². The molecule has 1 saturated carbocycles. The van der Waals surface area contributed by atoms with E-state index in [9.17, 15) is 23.1 Å². The molecule has 1 aliphatic carbocycles. The van der Waals surface area contributed by atoms with Gasteiger partial charge in [-0.15, -0.1) is 0 Å². The predicted molar refractivity (Wildman–Crippen MR) is 73.6 cm³/mol. The number of carbonyl (C=O) groups is 1. The van der Waals surface area contributed by atoms with Crippen LogP contribution in [0.5, 0.6) is 0 Å². The number of hydrogen-bond acceptors (Lipinski definition) is 2. The minimum atomic E-state index is -1.49. The van der Waals surface area contributed by atoms with Crippen LogP contribution in [-0.4, -0.2) is 28.1 Å². The summed E-state index contributed by atoms with van der Waals surface area (Å²) in [5.74, 6) is -4.54. The topological polar surface area (TPSA) is 40.5 Å². The van der Waals surface area contributed by atoms with Crippen LogP contribution in [0.4, 0.5) is 13.2 Å². The van der Waals surface area contributed by atoms with Crippen LogP contribution in [-0.2, 0) is 11.3 Å². The van der Waals surface area contributed by atoms with E-state index in [0.29, 0.717) is 12.3 Å². The molecule has 2 aliphatic rings. The van der Waals surface area contributed by atoms with Crippen LogP contribution < -0.4 is 0 Å². The molecule has 22 heavy (non-hydrogen) atoms. The van der Waals surface area contributed by atoms with E-state index in [-0.39, 0.29) is 18.2 Å². The van der Waals surface area contributed by atoms with Gasteiger partial charge in [-0.25, -0.2) is 13.2 Å². The highest BCUT2D eigenvalue weighted by Gasteiger charge is 2.45. The average Bonchev–Trinajstić information content (AvgIpc) is 2.84. The molecule has 1 heterocycles. The van der Waals surface area contributed by atoms with Crippen molar-refractivity contribution >= 4 is 5.97 Å². The van der Waals surface area contributed by atoms with E-state index in [1.807, 2.05) is 4.90 Å². The highest BCUT2D eigenvalue weighted by atomic mass is 19.2. The first-order valence-corrected chi connectivity index (χ1v) is 7.59. The van der Waals surface area contributed by atoms with Crippen molar-refractivity contribution in [2.75, 3.05) is 0 Å². The van der Waals surface area contributed by atoms with Gasteiger partial charge in [0.1, 0.15) is 6.04 Å². The second-order valence-corrected chi connectivity index (χ2v) is 6.25. The molecule has 0 amide bonds. The van der Waals surface area contributed by atoms with Gasteiger partial charge >= 0.3 is 5.97 Å². The maximum Gasteiger partial charge on any atom is 0.320 e. The van der Waals surface area contributed by atoms with Gasteiger partial charge in [0.25, 0.3) is 0 Å². The smallest absolute Gasteiger partial charge is 0.320 e. The molecule has 3 atom stereocenters. The number of carboxylic acid groups (broad SMARTS) is 1. The van der Waals surface area contributed by atoms with Gasteiger partial charge in [-0.3, -0.25) is 9.69 Å². The lowest BCUT2D eigenvalue weighted by Gasteiger charge is -2.33. The normalized spacial score (nSPS) is 28.6. The second kappa shape index (κ2) is 5.91. The SMILES string of the molecule is O=C(O)C1CC2CCCCC2N1Cc1cc(F)c(F)c(F)c1. The summed E-state index contributed by atoms with van der Waals surface area (Å²) in [6.07, 6.45) is 4.61. The van der Waals surface area contributed by atoms with Gasteiger partial charge in [-0.05, 0) is 42.9 Å². The number of fused-ring (bicyclic) bond motifs is 1. The summed E-state index contributed by atoms with van der Waals surface area (Å²) in [4.78, 5) is 13.3. The Labute approximate surface area is 126 Å². The van der Waals surface area contributed by atoms with Crippen LogP contribution in [0, 0.1) is 23.4 Å². The Kier molecular flexibility index (Phi) is 4.12. The van der Waals surface area contributed by atoms with Crippen LogP contribution in [0.3, 0.4) is 0 Å². The van der Waals surface area contributed by atoms with E-state index in [1.165, 1.54) is 0 Å². The van der Waals surface area contributed by atoms with Crippen molar-refractivity contribution in [2.24, 2.45) is 5.92 Å². The van der Waals surface area contributed by atoms with E-state index in [1.54, 1.807) is 0 Å². The van der Waals surface area contributed by atoms with Gasteiger partial charge in [0, 0.05) is 12.6 Å². The molecule has 3 unspecified atom stereocenters. The molecule has 1 aromatic rings. The Hall–Kier alpha value is -1.56. The third-order valence-corrected chi connectivity index (χ3v) is 4.92. The maximum atomic E-state index is 13.4. The molecule has 1 aliphatic heterocycles. The molecule has 1 saturated heterocycles. The summed E-state index contributed by atoms with van der Waals surface area (Å²) >= 11 is 0. The molecule has 0 radical (unpaired) electrons. The quantitative estimate of drug-likeness (QED) is 0.870. The molecule has 1 aromatic carbocycles. The highest BCUT2D eigenvalue weighted by molar-refractivity contribution is 5.74. The number of nitrogens with zero attached hydrogens (tertiary/aromatic N) is 1. The Bertz CT molecular complexity index is 570. The van der Waals surface area contributed by atoms with E-state index in [0.717, 1.165) is 37.8 Å². The van der Waals surface area contributed by atoms with E-state index in [2.05, 4.69) is 0 Å². The molecule has 0 aromatic heterocycles. The summed E-state index contributed by atoms with van der Waals surface area (Å²) < 4.78 is 39.7. The summed E-state index contributed by atoms with van der Waals surface area (Å²) in [7, 11) is 0. The van der Waals surface area contributed by atoms with Crippen molar-refractivity contribution in [3.63, 3.8) is 0 Å². The molecular formula is C16H18F3NO2. The van der Waals surface area contributed by atoms with Crippen LogP contribution in [0.2, 0.25) is 0 Å². The predicted octanol–water partition coefficient (Wildman–Crippen LogP) is 3.32. The zero-order chi connectivity index (χ0) is 15.9. The number of aliphatic carboxylic acids is 1. The number of rotatable bonds is 3. The Morgan fingerprint density at radius 3 is 2.45 bits per heavy atom. The summed E-state index contributed by atoms with van der Waals surface area (Å²) in [5, 5.41) is 9.41. The summed E-state index contributed by atoms with van der Waals surface area (Å²) in [6.45, 7) is 0.131. The Morgan fingerprint density at radius 1 is 1.18 bits per heavy atom. The monoisotopic (exact) mass is 313 g/mol. The van der Waals surface area contributed by atoms with E-state index >= 15 is 0 Å². The lowest BCUT2D eigenvalue weighted by molar-refractivity contribution is -0.142. The van der Waals surface area contributed by atoms with Gasteiger partial charge in [-0.2, -0.15) is 0 Å². The first-order valence-electron chi connectivity index (χ1n) is 7.59. The molecule has 1 N–H and O–H groups in total. The van der Waals surface area contributed by atoms with Crippen molar-refractivity contribution < 1.29 is 23.1 Å². The van der Waals surface area contributed by atoms with E-state index in [4.69, 9.17) is 0 Å². The first-order chi connectivity index (χ1) is 10.5. The average molecular weight is 313 g/mol. The molecule has 2 fully saturated rings. The third-order valence-electron chi connectivity index (χ3n) is 4.92. The van der Waals surface area contributed by atoms with Crippen molar-refractivity contribution in [1.82, 2.24) is 4.90 Å². The molecule has 120 valence electrons. The van der Waals surface area contributed by atoms with Crippen LogP contribution in [0.15, 0.2) is 12.1 Å². The molecule has 3 nitrogen and oxygen atoms in total. The number of carboxylic acids is 1. The standard InChI is InChI=1S/C16H18F3NO2/c17-11-5-9(6-12(18)15(11)19)8-20-13-4-2-1-3-10(13)7-14(20)16(21)22/h5-6,10,13-14H,1-4,7-8H2,(H,21,22). The van der Waals surface area contributed by atoms with Crippen LogP contribution in [0.25, 0.3) is 0 Å². The first kappa shape index (κ1) is 15.3. The fourth-order valence-electron chi connectivity index (χ4n) is 3.93. The van der Waals surface area contributed by atoms with Gasteiger partial charge in [0.15, 0.2) is 17.5 Å². The largest absolute Gasteiger partial charge is 0.480 e. The van der Waals surface area contributed by atoms with Crippen molar-refractivity contribution in [1.29, 1.82) is 0 Å². The molecular weight excluding hydrogens is 295 g/mol. The minimum Gasteiger partial charge on any atom is -0.480 e. The number of likely N-dealkylation sites (tertiary alicyclic amines) is 1. The van der Waals surface area contributed by atoms with Gasteiger partial charge in [0.2, 0.25) is 0 Å². The number of halogens is 3. The van der Waals surface area contributed by atoms with Crippen molar-refractivity contribution in [3.05, 3.63) is 35.1 Å². The third kappa shape index (κ3) is 2.72. The fourth-order valence-corrected chi connectivity index (χ4v) is 3.93. The Morgan fingerprint density at radius 2 is 1.82 bits per heavy atom. The van der Waals surface area contributed by atoms with Gasteiger partial charge in [0.05, 0.1) is 0 Å². The van der Waals surface area contributed by atoms with Crippen LogP contribution in [0.1, 0.15) is 37.7 Å². The van der Waals surface area contributed by atoms with Gasteiger partial charge in [-0.1, -0.05) is 12.8 Å². The minimum absolute atomic E-state index is 0.131. The molecule has 6 heteroatoms. The Balaban J connectivity index is 1.86. The van der Waals surface area contributed by atoms with Crippen molar-refractivity contribution in [2.45, 2.75) is 50.7 Å². The summed E-state index contributed by atoms with van der Waals surface area (Å²) in [5.41, 5.74) is 0.272. The summed E-state index contributed by atoms with van der Waals surface area (Å²) in [6, 6.07) is 1.40. The maximum absolute atomic E-state index is 13.4. The van der Waals surface area contributed by atoms with Gasteiger partial charge < -0.3 is 5.11 Å². The lowest BCUT2D eigenvalue weighted by Crippen LogP contribution is -2.41. The van der Waals surface area contributed by atoms with Crippen LogP contribution >= 0.6 is 0 Å². The lowest BCUT2D eigenvalue weighted by atomic mass is 9.84. The highest BCUT2D eigenvalue weighted by Crippen LogP contribution is 2.40. The zero-order valence-corrected chi connectivity index (χ0v) is 12.1. The fraction of sp³-hybridized carbons (Fsp3) is 0.562. The zero-order valence-electron chi connectivity index (χ0n) is 12.1. The molecule has 0 spiro atoms. The second-order valence-electron chi connectivity index (χ2n) is 6.25. The number of hydrogen-bond donors (Lipinski definition) is 1.